The Hall–Kier alpha value is -1.11. The van der Waals surface area contributed by atoms with Gasteiger partial charge in [0.25, 0.3) is 0 Å². The smallest absolute Gasteiger partial charge is 0.193 e. The number of hydrogen-bond acceptors (Lipinski definition) is 4. The maximum Gasteiger partial charge on any atom is 0.193 e. The quantitative estimate of drug-likeness (QED) is 0.799. The summed E-state index contributed by atoms with van der Waals surface area (Å²) in [5, 5.41) is 1.19. The van der Waals surface area contributed by atoms with Crippen LogP contribution in [0.2, 0.25) is 0 Å². The standard InChI is InChI=1S/C18H25NO3S2/c1-7-23-16-10-15(20)14-9-11(2)8-13(17(14)22-16)12(3)19-24(21)18(4,5)6/h8-10,12,19H,7H2,1-6H3/t12-,24?/m1/s1. The SMILES string of the molecule is CCSc1cc(=O)c2cc(C)cc([C@@H](C)NS(=O)C(C)(C)C)c2o1. The molecule has 1 unspecified atom stereocenters. The Labute approximate surface area is 150 Å². The minimum absolute atomic E-state index is 0.0405. The van der Waals surface area contributed by atoms with E-state index in [0.29, 0.717) is 16.1 Å². The average molecular weight is 368 g/mol. The molecule has 2 atom stereocenters. The van der Waals surface area contributed by atoms with Crippen LogP contribution in [0.1, 0.15) is 51.8 Å². The highest BCUT2D eigenvalue weighted by molar-refractivity contribution is 7.99. The van der Waals surface area contributed by atoms with Gasteiger partial charge >= 0.3 is 0 Å². The van der Waals surface area contributed by atoms with Crippen molar-refractivity contribution in [2.75, 3.05) is 5.75 Å². The third-order valence-corrected chi connectivity index (χ3v) is 6.03. The largest absolute Gasteiger partial charge is 0.449 e. The summed E-state index contributed by atoms with van der Waals surface area (Å²) in [6.07, 6.45) is 0. The maximum absolute atomic E-state index is 12.4. The first-order chi connectivity index (χ1) is 11.1. The second kappa shape index (κ2) is 7.42. The van der Waals surface area contributed by atoms with Crippen molar-refractivity contribution in [2.45, 2.75) is 57.4 Å². The first kappa shape index (κ1) is 19.2. The van der Waals surface area contributed by atoms with Gasteiger partial charge in [0, 0.05) is 17.7 Å². The molecule has 0 radical (unpaired) electrons. The number of nitrogens with one attached hydrogen (secondary N) is 1. The molecule has 0 spiro atoms. The van der Waals surface area contributed by atoms with E-state index in [4.69, 9.17) is 4.42 Å². The molecular weight excluding hydrogens is 342 g/mol. The number of aryl methyl sites for hydroxylation is 1. The summed E-state index contributed by atoms with van der Waals surface area (Å²) < 4.78 is 21.2. The zero-order valence-corrected chi connectivity index (χ0v) is 16.7. The van der Waals surface area contributed by atoms with Crippen molar-refractivity contribution in [2.24, 2.45) is 0 Å². The molecule has 24 heavy (non-hydrogen) atoms. The summed E-state index contributed by atoms with van der Waals surface area (Å²) in [5.74, 6) is 0.831. The fraction of sp³-hybridized carbons (Fsp3) is 0.500. The number of thioether (sulfide) groups is 1. The highest BCUT2D eigenvalue weighted by Crippen LogP contribution is 2.29. The first-order valence-corrected chi connectivity index (χ1v) is 10.2. The van der Waals surface area contributed by atoms with Crippen LogP contribution in [0.25, 0.3) is 11.0 Å². The van der Waals surface area contributed by atoms with Crippen LogP contribution in [0.3, 0.4) is 0 Å². The van der Waals surface area contributed by atoms with E-state index in [-0.39, 0.29) is 16.2 Å². The lowest BCUT2D eigenvalue weighted by atomic mass is 10.0. The Morgan fingerprint density at radius 3 is 2.54 bits per heavy atom. The van der Waals surface area contributed by atoms with E-state index in [1.54, 1.807) is 6.07 Å². The number of hydrogen-bond donors (Lipinski definition) is 1. The minimum Gasteiger partial charge on any atom is -0.449 e. The number of fused-ring (bicyclic) bond motifs is 1. The Bertz CT molecular complexity index is 821. The first-order valence-electron chi connectivity index (χ1n) is 8.02. The van der Waals surface area contributed by atoms with E-state index in [0.717, 1.165) is 16.9 Å². The van der Waals surface area contributed by atoms with Gasteiger partial charge < -0.3 is 4.42 Å². The van der Waals surface area contributed by atoms with Crippen LogP contribution >= 0.6 is 11.8 Å². The Kier molecular flexibility index (Phi) is 5.94. The molecule has 0 aliphatic carbocycles. The Morgan fingerprint density at radius 2 is 1.96 bits per heavy atom. The van der Waals surface area contributed by atoms with E-state index in [9.17, 15) is 9.00 Å². The second-order valence-electron chi connectivity index (χ2n) is 6.81. The molecule has 132 valence electrons. The second-order valence-corrected chi connectivity index (χ2v) is 10.1. The summed E-state index contributed by atoms with van der Waals surface area (Å²) in [6, 6.07) is 5.18. The summed E-state index contributed by atoms with van der Waals surface area (Å²) in [4.78, 5) is 12.4. The predicted octanol–water partition coefficient (Wildman–Crippen LogP) is 4.33. The van der Waals surface area contributed by atoms with E-state index in [1.165, 1.54) is 11.8 Å². The Morgan fingerprint density at radius 1 is 1.29 bits per heavy atom. The maximum atomic E-state index is 12.4. The van der Waals surface area contributed by atoms with E-state index < -0.39 is 11.0 Å². The molecule has 6 heteroatoms. The van der Waals surface area contributed by atoms with Crippen molar-refractivity contribution >= 4 is 33.7 Å². The van der Waals surface area contributed by atoms with Crippen molar-refractivity contribution in [1.82, 2.24) is 4.72 Å². The molecule has 0 aliphatic heterocycles. The van der Waals surface area contributed by atoms with Gasteiger partial charge in [-0.15, -0.1) is 0 Å². The van der Waals surface area contributed by atoms with Crippen LogP contribution in [0.15, 0.2) is 32.5 Å². The summed E-state index contributed by atoms with van der Waals surface area (Å²) in [7, 11) is -1.21. The van der Waals surface area contributed by atoms with Gasteiger partial charge in [-0.25, -0.2) is 8.93 Å². The van der Waals surface area contributed by atoms with Crippen molar-refractivity contribution in [3.8, 4) is 0 Å². The van der Waals surface area contributed by atoms with Gasteiger partial charge in [0.2, 0.25) is 0 Å². The molecule has 1 N–H and O–H groups in total. The van der Waals surface area contributed by atoms with Crippen LogP contribution < -0.4 is 10.2 Å². The predicted molar refractivity (Wildman–Crippen MR) is 103 cm³/mol. The van der Waals surface area contributed by atoms with Gasteiger partial charge in [-0.3, -0.25) is 4.79 Å². The topological polar surface area (TPSA) is 59.3 Å². The molecule has 4 nitrogen and oxygen atoms in total. The molecule has 2 aromatic rings. The molecule has 0 saturated heterocycles. The molecule has 0 saturated carbocycles. The molecule has 0 fully saturated rings. The van der Waals surface area contributed by atoms with Crippen LogP contribution in [0.4, 0.5) is 0 Å². The van der Waals surface area contributed by atoms with Crippen molar-refractivity contribution in [3.05, 3.63) is 39.5 Å². The lowest BCUT2D eigenvalue weighted by molar-refractivity contribution is 0.493. The molecule has 0 bridgehead atoms. The van der Waals surface area contributed by atoms with E-state index >= 15 is 0 Å². The van der Waals surface area contributed by atoms with Crippen LogP contribution in [0.5, 0.6) is 0 Å². The number of benzene rings is 1. The molecule has 0 aliphatic rings. The molecule has 1 aromatic carbocycles. The fourth-order valence-corrected chi connectivity index (χ4v) is 3.77. The lowest BCUT2D eigenvalue weighted by Crippen LogP contribution is -2.35. The summed E-state index contributed by atoms with van der Waals surface area (Å²) in [6.45, 7) is 11.7. The van der Waals surface area contributed by atoms with Gasteiger partial charge in [-0.2, -0.15) is 0 Å². The van der Waals surface area contributed by atoms with E-state index in [1.807, 2.05) is 53.7 Å². The highest BCUT2D eigenvalue weighted by atomic mass is 32.2. The third kappa shape index (κ3) is 4.29. The van der Waals surface area contributed by atoms with Crippen LogP contribution in [0, 0.1) is 6.92 Å². The molecular formula is C18H25NO3S2. The molecule has 1 aromatic heterocycles. The minimum atomic E-state index is -1.21. The zero-order chi connectivity index (χ0) is 18.1. The van der Waals surface area contributed by atoms with Gasteiger partial charge in [0.1, 0.15) is 5.58 Å². The number of rotatable bonds is 5. The Balaban J connectivity index is 2.56. The van der Waals surface area contributed by atoms with Crippen LogP contribution in [-0.2, 0) is 11.0 Å². The van der Waals surface area contributed by atoms with Gasteiger partial charge in [0.15, 0.2) is 10.5 Å². The molecule has 1 heterocycles. The monoisotopic (exact) mass is 367 g/mol. The third-order valence-electron chi connectivity index (χ3n) is 3.57. The lowest BCUT2D eigenvalue weighted by Gasteiger charge is -2.23. The summed E-state index contributed by atoms with van der Waals surface area (Å²) in [5.41, 5.74) is 2.38. The normalized spacial score (nSPS) is 14.8. The fourth-order valence-electron chi connectivity index (χ4n) is 2.35. The zero-order valence-electron chi connectivity index (χ0n) is 15.1. The van der Waals surface area contributed by atoms with Crippen molar-refractivity contribution in [1.29, 1.82) is 0 Å². The van der Waals surface area contributed by atoms with Gasteiger partial charge in [-0.1, -0.05) is 24.8 Å². The van der Waals surface area contributed by atoms with Gasteiger partial charge in [-0.05, 0) is 52.0 Å². The van der Waals surface area contributed by atoms with Gasteiger partial charge in [0.05, 0.1) is 21.1 Å². The van der Waals surface area contributed by atoms with Crippen molar-refractivity contribution < 1.29 is 8.63 Å². The highest BCUT2D eigenvalue weighted by Gasteiger charge is 2.23. The average Bonchev–Trinajstić information content (AvgIpc) is 2.46. The molecule has 0 amide bonds. The van der Waals surface area contributed by atoms with E-state index in [2.05, 4.69) is 4.72 Å². The molecule has 2 rings (SSSR count). The van der Waals surface area contributed by atoms with Crippen molar-refractivity contribution in [3.63, 3.8) is 0 Å². The van der Waals surface area contributed by atoms with Crippen LogP contribution in [-0.4, -0.2) is 14.7 Å². The summed E-state index contributed by atoms with van der Waals surface area (Å²) >= 11 is 1.50.